The van der Waals surface area contributed by atoms with E-state index in [2.05, 4.69) is 9.97 Å². The van der Waals surface area contributed by atoms with Gasteiger partial charge in [0.05, 0.1) is 24.1 Å². The standard InChI is InChI=1S/C27H25F5N4O3S/c28-21-22(29)24(31)26(25(32)23(21)30)40(38,39)36-12-10-20(36)27(37)35(19-7-4-11-33-14-19)15-18-9-8-17(13-34-18)16-5-2-1-3-6-16/h4,7-9,11,13-14,16,20H,1-3,5-6,10,12,15H2/t20-/m1/s1. The number of hydrogen-bond donors (Lipinski definition) is 0. The van der Waals surface area contributed by atoms with Gasteiger partial charge in [-0.15, -0.1) is 0 Å². The van der Waals surface area contributed by atoms with Crippen LogP contribution < -0.4 is 4.90 Å². The van der Waals surface area contributed by atoms with Crippen LogP contribution in [0.2, 0.25) is 0 Å². The van der Waals surface area contributed by atoms with E-state index in [9.17, 15) is 35.2 Å². The molecule has 7 nitrogen and oxygen atoms in total. The average molecular weight is 581 g/mol. The highest BCUT2D eigenvalue weighted by atomic mass is 32.2. The molecule has 13 heteroatoms. The lowest BCUT2D eigenvalue weighted by Crippen LogP contribution is -2.59. The molecule has 2 fully saturated rings. The lowest BCUT2D eigenvalue weighted by atomic mass is 9.85. The molecule has 3 heterocycles. The van der Waals surface area contributed by atoms with Crippen LogP contribution in [0.4, 0.5) is 27.6 Å². The first kappa shape index (κ1) is 28.1. The van der Waals surface area contributed by atoms with Crippen LogP contribution in [0.15, 0.2) is 47.8 Å². The number of amides is 1. The number of pyridine rings is 2. The summed E-state index contributed by atoms with van der Waals surface area (Å²) in [5.41, 5.74) is 1.91. The largest absolute Gasteiger partial charge is 0.303 e. The number of anilines is 1. The molecule has 0 spiro atoms. The number of benzene rings is 1. The summed E-state index contributed by atoms with van der Waals surface area (Å²) in [6.07, 6.45) is 10.3. The summed E-state index contributed by atoms with van der Waals surface area (Å²) < 4.78 is 96.5. The predicted octanol–water partition coefficient (Wildman–Crippen LogP) is 5.22. The van der Waals surface area contributed by atoms with Crippen LogP contribution in [0.1, 0.15) is 55.7 Å². The van der Waals surface area contributed by atoms with E-state index in [1.807, 2.05) is 6.07 Å². The molecule has 0 N–H and O–H groups in total. The highest BCUT2D eigenvalue weighted by Gasteiger charge is 2.48. The number of hydrogen-bond acceptors (Lipinski definition) is 5. The van der Waals surface area contributed by atoms with Gasteiger partial charge < -0.3 is 4.90 Å². The summed E-state index contributed by atoms with van der Waals surface area (Å²) in [5, 5.41) is 0. The molecule has 212 valence electrons. The molecule has 0 bridgehead atoms. The molecule has 2 aromatic heterocycles. The SMILES string of the molecule is O=C([C@H]1CCN1S(=O)(=O)c1c(F)c(F)c(F)c(F)c1F)N(Cc1ccc(C2CCCCC2)cn1)c1cccnc1. The Morgan fingerprint density at radius 3 is 2.12 bits per heavy atom. The van der Waals surface area contributed by atoms with Crippen molar-refractivity contribution < 1.29 is 35.2 Å². The molecule has 1 aliphatic heterocycles. The normalized spacial score (nSPS) is 18.4. The first-order valence-electron chi connectivity index (χ1n) is 12.8. The lowest BCUT2D eigenvalue weighted by molar-refractivity contribution is -0.125. The predicted molar refractivity (Wildman–Crippen MR) is 134 cm³/mol. The van der Waals surface area contributed by atoms with Crippen LogP contribution in [-0.4, -0.2) is 41.2 Å². The second kappa shape index (κ2) is 11.2. The third-order valence-electron chi connectivity index (χ3n) is 7.46. The maximum atomic E-state index is 14.4. The molecule has 1 aliphatic carbocycles. The quantitative estimate of drug-likeness (QED) is 0.218. The maximum absolute atomic E-state index is 14.4. The van der Waals surface area contributed by atoms with Gasteiger partial charge in [-0.25, -0.2) is 30.4 Å². The Bertz CT molecular complexity index is 1490. The Hall–Kier alpha value is -3.45. The number of sulfonamides is 1. The zero-order valence-corrected chi connectivity index (χ0v) is 22.0. The fourth-order valence-electron chi connectivity index (χ4n) is 5.19. The highest BCUT2D eigenvalue weighted by Crippen LogP contribution is 2.35. The highest BCUT2D eigenvalue weighted by molar-refractivity contribution is 7.89. The number of carbonyl (C=O) groups is 1. The van der Waals surface area contributed by atoms with E-state index in [0.717, 1.165) is 31.2 Å². The second-order valence-corrected chi connectivity index (χ2v) is 11.7. The van der Waals surface area contributed by atoms with Crippen molar-refractivity contribution in [2.24, 2.45) is 0 Å². The number of aromatic nitrogens is 2. The number of carbonyl (C=O) groups excluding carboxylic acids is 1. The zero-order valence-electron chi connectivity index (χ0n) is 21.2. The third-order valence-corrected chi connectivity index (χ3v) is 9.39. The van der Waals surface area contributed by atoms with E-state index in [1.54, 1.807) is 24.4 Å². The van der Waals surface area contributed by atoms with Crippen molar-refractivity contribution in [3.05, 3.63) is 83.2 Å². The Morgan fingerprint density at radius 2 is 1.57 bits per heavy atom. The number of halogens is 5. The summed E-state index contributed by atoms with van der Waals surface area (Å²) in [5.74, 6) is -12.6. The lowest BCUT2D eigenvalue weighted by Gasteiger charge is -2.40. The van der Waals surface area contributed by atoms with Gasteiger partial charge in [0.15, 0.2) is 28.2 Å². The molecule has 1 amide bonds. The molecule has 1 saturated carbocycles. The van der Waals surface area contributed by atoms with Crippen molar-refractivity contribution >= 4 is 21.6 Å². The van der Waals surface area contributed by atoms with Gasteiger partial charge in [0.2, 0.25) is 21.7 Å². The molecule has 3 aromatic rings. The maximum Gasteiger partial charge on any atom is 0.249 e. The molecule has 1 aromatic carbocycles. The van der Waals surface area contributed by atoms with Crippen molar-refractivity contribution in [1.29, 1.82) is 0 Å². The van der Waals surface area contributed by atoms with E-state index in [4.69, 9.17) is 0 Å². The summed E-state index contributed by atoms with van der Waals surface area (Å²) in [6.45, 7) is -0.421. The Labute approximate surface area is 227 Å². The minimum absolute atomic E-state index is 0.0295. The van der Waals surface area contributed by atoms with E-state index in [0.29, 0.717) is 21.6 Å². The molecule has 40 heavy (non-hydrogen) atoms. The van der Waals surface area contributed by atoms with Gasteiger partial charge in [-0.1, -0.05) is 25.3 Å². The summed E-state index contributed by atoms with van der Waals surface area (Å²) in [7, 11) is -5.27. The Kier molecular flexibility index (Phi) is 7.87. The molecule has 2 aliphatic rings. The van der Waals surface area contributed by atoms with E-state index in [-0.39, 0.29) is 19.5 Å². The van der Waals surface area contributed by atoms with Gasteiger partial charge in [0.25, 0.3) is 0 Å². The molecule has 5 rings (SSSR count). The van der Waals surface area contributed by atoms with E-state index >= 15 is 0 Å². The average Bonchev–Trinajstić information content (AvgIpc) is 2.94. The smallest absolute Gasteiger partial charge is 0.249 e. The molecule has 0 unspecified atom stereocenters. The van der Waals surface area contributed by atoms with Crippen molar-refractivity contribution in [3.8, 4) is 0 Å². The van der Waals surface area contributed by atoms with Crippen LogP contribution in [-0.2, 0) is 21.4 Å². The summed E-state index contributed by atoms with van der Waals surface area (Å²) >= 11 is 0. The van der Waals surface area contributed by atoms with Gasteiger partial charge in [-0.2, -0.15) is 4.31 Å². The fourth-order valence-corrected chi connectivity index (χ4v) is 6.93. The minimum atomic E-state index is -5.27. The van der Waals surface area contributed by atoms with Crippen molar-refractivity contribution in [3.63, 3.8) is 0 Å². The Morgan fingerprint density at radius 1 is 0.900 bits per heavy atom. The number of rotatable bonds is 7. The molecule has 1 saturated heterocycles. The fraction of sp³-hybridized carbons (Fsp3) is 0.370. The summed E-state index contributed by atoms with van der Waals surface area (Å²) in [6, 6.07) is 5.43. The van der Waals surface area contributed by atoms with Gasteiger partial charge in [-0.3, -0.25) is 14.8 Å². The summed E-state index contributed by atoms with van der Waals surface area (Å²) in [4.78, 5) is 21.4. The second-order valence-electron chi connectivity index (χ2n) is 9.87. The van der Waals surface area contributed by atoms with Crippen molar-refractivity contribution in [1.82, 2.24) is 14.3 Å². The van der Waals surface area contributed by atoms with E-state index < -0.39 is 56.0 Å². The molecular weight excluding hydrogens is 555 g/mol. The van der Waals surface area contributed by atoms with Crippen LogP contribution in [0.3, 0.4) is 0 Å². The van der Waals surface area contributed by atoms with Crippen LogP contribution in [0, 0.1) is 29.1 Å². The number of nitrogens with zero attached hydrogens (tertiary/aromatic N) is 4. The Balaban J connectivity index is 1.43. The third kappa shape index (κ3) is 5.07. The zero-order chi connectivity index (χ0) is 28.6. The topological polar surface area (TPSA) is 83.5 Å². The van der Waals surface area contributed by atoms with E-state index in [1.165, 1.54) is 23.7 Å². The monoisotopic (exact) mass is 580 g/mol. The van der Waals surface area contributed by atoms with Gasteiger partial charge in [-0.05, 0) is 48.9 Å². The molecule has 0 radical (unpaired) electrons. The van der Waals surface area contributed by atoms with Gasteiger partial charge >= 0.3 is 0 Å². The first-order chi connectivity index (χ1) is 19.1. The van der Waals surface area contributed by atoms with Gasteiger partial charge in [0, 0.05) is 18.9 Å². The van der Waals surface area contributed by atoms with Crippen LogP contribution in [0.5, 0.6) is 0 Å². The van der Waals surface area contributed by atoms with Crippen LogP contribution in [0.25, 0.3) is 0 Å². The van der Waals surface area contributed by atoms with Crippen LogP contribution >= 0.6 is 0 Å². The van der Waals surface area contributed by atoms with Crippen molar-refractivity contribution in [2.75, 3.05) is 11.4 Å². The molecule has 1 atom stereocenters. The first-order valence-corrected chi connectivity index (χ1v) is 14.2. The molecular formula is C27H25F5N4O3S. The van der Waals surface area contributed by atoms with Gasteiger partial charge in [0.1, 0.15) is 6.04 Å². The van der Waals surface area contributed by atoms with Crippen molar-refractivity contribution in [2.45, 2.75) is 61.9 Å². The minimum Gasteiger partial charge on any atom is -0.303 e.